The van der Waals surface area contributed by atoms with E-state index in [1.807, 2.05) is 0 Å². The number of nitrogens with one attached hydrogen (secondary N) is 2. The van der Waals surface area contributed by atoms with Crippen molar-refractivity contribution in [1.82, 2.24) is 5.32 Å². The van der Waals surface area contributed by atoms with E-state index >= 15 is 0 Å². The molecule has 3 rings (SSSR count). The highest BCUT2D eigenvalue weighted by atomic mass is 19.1. The molecule has 0 aliphatic carbocycles. The van der Waals surface area contributed by atoms with Crippen LogP contribution in [0.3, 0.4) is 0 Å². The Labute approximate surface area is 138 Å². The Morgan fingerprint density at radius 1 is 1.29 bits per heavy atom. The molecule has 1 atom stereocenters. The van der Waals surface area contributed by atoms with E-state index in [0.29, 0.717) is 35.5 Å². The average Bonchev–Trinajstić information content (AvgIpc) is 2.57. The molecule has 1 unspecified atom stereocenters. The number of anilines is 1. The van der Waals surface area contributed by atoms with Crippen LogP contribution in [0.2, 0.25) is 0 Å². The first-order valence-corrected chi connectivity index (χ1v) is 7.68. The third-order valence-electron chi connectivity index (χ3n) is 3.81. The summed E-state index contributed by atoms with van der Waals surface area (Å²) in [7, 11) is 0. The Kier molecular flexibility index (Phi) is 4.46. The molecule has 6 heteroatoms. The van der Waals surface area contributed by atoms with Crippen molar-refractivity contribution in [2.24, 2.45) is 0 Å². The van der Waals surface area contributed by atoms with Gasteiger partial charge in [-0.2, -0.15) is 0 Å². The molecule has 2 aromatic carbocycles. The quantitative estimate of drug-likeness (QED) is 0.906. The summed E-state index contributed by atoms with van der Waals surface area (Å²) < 4.78 is 19.0. The normalized spacial score (nSPS) is 15.9. The van der Waals surface area contributed by atoms with Crippen molar-refractivity contribution in [3.05, 3.63) is 59.4 Å². The zero-order valence-corrected chi connectivity index (χ0v) is 13.1. The molecule has 0 spiro atoms. The molecule has 2 aromatic rings. The highest BCUT2D eigenvalue weighted by Gasteiger charge is 2.24. The Morgan fingerprint density at radius 2 is 2.08 bits per heavy atom. The van der Waals surface area contributed by atoms with Crippen LogP contribution in [0.15, 0.2) is 42.5 Å². The first-order chi connectivity index (χ1) is 11.5. The second-order valence-electron chi connectivity index (χ2n) is 5.56. The molecule has 124 valence electrons. The second kappa shape index (κ2) is 6.70. The summed E-state index contributed by atoms with van der Waals surface area (Å²) in [6.07, 6.45) is -0.190. The predicted molar refractivity (Wildman–Crippen MR) is 87.6 cm³/mol. The number of ether oxygens (including phenoxy) is 1. The number of amides is 2. The Morgan fingerprint density at radius 3 is 2.88 bits per heavy atom. The van der Waals surface area contributed by atoms with E-state index in [9.17, 15) is 14.0 Å². The minimum absolute atomic E-state index is 0.218. The fraction of sp³-hybridized carbons (Fsp3) is 0.222. The van der Waals surface area contributed by atoms with Crippen LogP contribution in [0.1, 0.15) is 22.8 Å². The topological polar surface area (TPSA) is 67.4 Å². The maximum atomic E-state index is 13.5. The van der Waals surface area contributed by atoms with Gasteiger partial charge in [0.1, 0.15) is 11.6 Å². The van der Waals surface area contributed by atoms with E-state index < -0.39 is 6.10 Å². The highest BCUT2D eigenvalue weighted by Crippen LogP contribution is 2.30. The van der Waals surface area contributed by atoms with Gasteiger partial charge in [-0.3, -0.25) is 9.59 Å². The molecular formula is C18H17FN2O3. The zero-order chi connectivity index (χ0) is 17.1. The van der Waals surface area contributed by atoms with Gasteiger partial charge in [0.25, 0.3) is 11.8 Å². The van der Waals surface area contributed by atoms with E-state index in [-0.39, 0.29) is 17.6 Å². The molecular weight excluding hydrogens is 311 g/mol. The van der Waals surface area contributed by atoms with Gasteiger partial charge in [-0.25, -0.2) is 4.39 Å². The molecule has 1 heterocycles. The van der Waals surface area contributed by atoms with Crippen molar-refractivity contribution in [3.63, 3.8) is 0 Å². The number of fused-ring (bicyclic) bond motifs is 1. The summed E-state index contributed by atoms with van der Waals surface area (Å²) in [6.45, 7) is 1.96. The van der Waals surface area contributed by atoms with Crippen LogP contribution in [0.25, 0.3) is 0 Å². The highest BCUT2D eigenvalue weighted by molar-refractivity contribution is 6.00. The number of halogens is 1. The van der Waals surface area contributed by atoms with Crippen LogP contribution in [0.4, 0.5) is 10.1 Å². The monoisotopic (exact) mass is 328 g/mol. The molecule has 0 fully saturated rings. The molecule has 0 radical (unpaired) electrons. The van der Waals surface area contributed by atoms with Crippen molar-refractivity contribution in [1.29, 1.82) is 0 Å². The van der Waals surface area contributed by atoms with Crippen molar-refractivity contribution < 1.29 is 18.7 Å². The number of carbonyl (C=O) groups excluding carboxylic acids is 2. The van der Waals surface area contributed by atoms with Crippen LogP contribution >= 0.6 is 0 Å². The lowest BCUT2D eigenvalue weighted by atomic mass is 10.1. The first kappa shape index (κ1) is 16.0. The minimum Gasteiger partial charge on any atom is -0.479 e. The first-order valence-electron chi connectivity index (χ1n) is 7.68. The number of carbonyl (C=O) groups is 2. The second-order valence-corrected chi connectivity index (χ2v) is 5.56. The predicted octanol–water partition coefficient (Wildman–Crippen LogP) is 2.52. The third kappa shape index (κ3) is 3.37. The molecule has 2 N–H and O–H groups in total. The summed E-state index contributed by atoms with van der Waals surface area (Å²) in [6, 6.07) is 11.3. The van der Waals surface area contributed by atoms with Crippen LogP contribution in [0, 0.1) is 5.82 Å². The van der Waals surface area contributed by atoms with Crippen LogP contribution in [0.5, 0.6) is 5.75 Å². The molecule has 0 aromatic heterocycles. The van der Waals surface area contributed by atoms with Crippen LogP contribution in [-0.4, -0.2) is 24.5 Å². The smallest absolute Gasteiger partial charge is 0.265 e. The van der Waals surface area contributed by atoms with E-state index in [1.54, 1.807) is 43.3 Å². The fourth-order valence-corrected chi connectivity index (χ4v) is 2.46. The van der Waals surface area contributed by atoms with Gasteiger partial charge in [0, 0.05) is 12.1 Å². The van der Waals surface area contributed by atoms with E-state index in [0.717, 1.165) is 0 Å². The molecule has 0 saturated carbocycles. The van der Waals surface area contributed by atoms with Gasteiger partial charge in [-0.05, 0) is 43.2 Å². The van der Waals surface area contributed by atoms with Gasteiger partial charge in [-0.15, -0.1) is 0 Å². The minimum atomic E-state index is -0.600. The maximum Gasteiger partial charge on any atom is 0.265 e. The number of hydrogen-bond donors (Lipinski definition) is 2. The summed E-state index contributed by atoms with van der Waals surface area (Å²) >= 11 is 0. The van der Waals surface area contributed by atoms with Crippen LogP contribution < -0.4 is 15.4 Å². The fourth-order valence-electron chi connectivity index (χ4n) is 2.46. The van der Waals surface area contributed by atoms with Gasteiger partial charge in [0.2, 0.25) is 0 Å². The van der Waals surface area contributed by atoms with Crippen molar-refractivity contribution >= 4 is 17.5 Å². The van der Waals surface area contributed by atoms with Gasteiger partial charge in [0.05, 0.1) is 5.69 Å². The number of hydrogen-bond acceptors (Lipinski definition) is 3. The number of rotatable bonds is 4. The summed E-state index contributed by atoms with van der Waals surface area (Å²) in [5.41, 5.74) is 1.52. The van der Waals surface area contributed by atoms with Crippen molar-refractivity contribution in [3.8, 4) is 5.75 Å². The maximum absolute atomic E-state index is 13.5. The van der Waals surface area contributed by atoms with E-state index in [2.05, 4.69) is 10.6 Å². The molecule has 1 aliphatic heterocycles. The lowest BCUT2D eigenvalue weighted by Gasteiger charge is -2.23. The van der Waals surface area contributed by atoms with Gasteiger partial charge >= 0.3 is 0 Å². The Hall–Kier alpha value is -2.89. The standard InChI is InChI=1S/C18H17FN2O3/c1-11-17(22)21-15-7-6-13(10-16(15)24-11)18(23)20-9-8-12-4-2-3-5-14(12)19/h2-7,10-11H,8-9H2,1H3,(H,20,23)(H,21,22). The largest absolute Gasteiger partial charge is 0.479 e. The molecule has 5 nitrogen and oxygen atoms in total. The third-order valence-corrected chi connectivity index (χ3v) is 3.81. The lowest BCUT2D eigenvalue weighted by Crippen LogP contribution is -2.34. The Bertz CT molecular complexity index is 792. The average molecular weight is 328 g/mol. The molecule has 0 saturated heterocycles. The molecule has 2 amide bonds. The summed E-state index contributed by atoms with van der Waals surface area (Å²) in [5.74, 6) is -0.311. The molecule has 24 heavy (non-hydrogen) atoms. The Balaban J connectivity index is 1.63. The summed E-state index contributed by atoms with van der Waals surface area (Å²) in [4.78, 5) is 23.7. The SMILES string of the molecule is CC1Oc2cc(C(=O)NCCc3ccccc3F)ccc2NC1=O. The lowest BCUT2D eigenvalue weighted by molar-refractivity contribution is -0.122. The van der Waals surface area contributed by atoms with Crippen LogP contribution in [-0.2, 0) is 11.2 Å². The van der Waals surface area contributed by atoms with Gasteiger partial charge in [0.15, 0.2) is 6.10 Å². The van der Waals surface area contributed by atoms with Gasteiger partial charge < -0.3 is 15.4 Å². The molecule has 1 aliphatic rings. The zero-order valence-electron chi connectivity index (χ0n) is 13.1. The van der Waals surface area contributed by atoms with Crippen molar-refractivity contribution in [2.75, 3.05) is 11.9 Å². The van der Waals surface area contributed by atoms with Crippen molar-refractivity contribution in [2.45, 2.75) is 19.4 Å². The van der Waals surface area contributed by atoms with E-state index in [4.69, 9.17) is 4.74 Å². The van der Waals surface area contributed by atoms with E-state index in [1.165, 1.54) is 6.07 Å². The summed E-state index contributed by atoms with van der Waals surface area (Å²) in [5, 5.41) is 5.46. The molecule has 0 bridgehead atoms. The van der Waals surface area contributed by atoms with Gasteiger partial charge in [-0.1, -0.05) is 18.2 Å². The number of benzene rings is 2.